The summed E-state index contributed by atoms with van der Waals surface area (Å²) in [6.07, 6.45) is 2.77. The third-order valence-corrected chi connectivity index (χ3v) is 8.87. The molecule has 0 aromatic heterocycles. The Morgan fingerprint density at radius 2 is 1.65 bits per heavy atom. The quantitative estimate of drug-likeness (QED) is 0.118. The zero-order valence-corrected chi connectivity index (χ0v) is 28.6. The number of carbonyl (C=O) groups is 2. The number of hydrogen-bond acceptors (Lipinski definition) is 6. The van der Waals surface area contributed by atoms with Crippen molar-refractivity contribution in [3.05, 3.63) is 113 Å². The van der Waals surface area contributed by atoms with Crippen LogP contribution in [0.15, 0.2) is 91.0 Å². The summed E-state index contributed by atoms with van der Waals surface area (Å²) in [6.45, 7) is 7.42. The van der Waals surface area contributed by atoms with Gasteiger partial charge in [0.25, 0.3) is 5.91 Å². The molecule has 4 aromatic carbocycles. The van der Waals surface area contributed by atoms with Crippen LogP contribution in [0.3, 0.4) is 0 Å². The van der Waals surface area contributed by atoms with Crippen molar-refractivity contribution in [3.63, 3.8) is 0 Å². The van der Waals surface area contributed by atoms with Gasteiger partial charge in [-0.15, -0.1) is 0 Å². The SMILES string of the molecule is CCCC(N)c1ccc(OCCOCCNC(=O)c2ccc(-c3ccc4c(c3)[C@@H](Nc3ccc(Cl)cc3)C[C@@H](C)N4C(C)=O)cc2)cc1. The molecule has 0 aliphatic carbocycles. The second-order valence-electron chi connectivity index (χ2n) is 12.2. The van der Waals surface area contributed by atoms with Crippen molar-refractivity contribution in [3.8, 4) is 16.9 Å². The van der Waals surface area contributed by atoms with Gasteiger partial charge in [0.15, 0.2) is 0 Å². The van der Waals surface area contributed by atoms with Gasteiger partial charge in [0.05, 0.1) is 19.3 Å². The Hall–Kier alpha value is -4.37. The second kappa shape index (κ2) is 16.6. The van der Waals surface area contributed by atoms with Crippen LogP contribution in [0, 0.1) is 0 Å². The predicted octanol–water partition coefficient (Wildman–Crippen LogP) is 7.93. The number of rotatable bonds is 14. The van der Waals surface area contributed by atoms with Crippen molar-refractivity contribution in [2.45, 2.75) is 58.2 Å². The maximum Gasteiger partial charge on any atom is 0.251 e. The lowest BCUT2D eigenvalue weighted by molar-refractivity contribution is -0.117. The van der Waals surface area contributed by atoms with Crippen molar-refractivity contribution in [2.24, 2.45) is 5.73 Å². The predicted molar refractivity (Wildman–Crippen MR) is 194 cm³/mol. The van der Waals surface area contributed by atoms with Gasteiger partial charge in [0.1, 0.15) is 12.4 Å². The standard InChI is InChI=1S/C39H45ClN4O4/c1-4-5-36(41)29-10-17-34(18-11-29)48-23-22-47-21-20-42-39(46)30-8-6-28(7-9-30)31-12-19-38-35(25-31)37(24-26(2)44(38)27(3)45)43-33-15-13-32(40)14-16-33/h6-19,25-26,36-37,43H,4-5,20-24,41H2,1-3H3,(H,42,46)/t26-,36?,37+/m1/s1. The molecule has 0 saturated carbocycles. The number of benzene rings is 4. The van der Waals surface area contributed by atoms with E-state index in [-0.39, 0.29) is 29.9 Å². The lowest BCUT2D eigenvalue weighted by Gasteiger charge is -2.39. The number of nitrogens with zero attached hydrogens (tertiary/aromatic N) is 1. The largest absolute Gasteiger partial charge is 0.491 e. The summed E-state index contributed by atoms with van der Waals surface area (Å²) in [6, 6.07) is 29.4. The van der Waals surface area contributed by atoms with Crippen molar-refractivity contribution in [1.29, 1.82) is 0 Å². The van der Waals surface area contributed by atoms with Crippen LogP contribution >= 0.6 is 11.6 Å². The number of fused-ring (bicyclic) bond motifs is 1. The van der Waals surface area contributed by atoms with Gasteiger partial charge < -0.3 is 30.7 Å². The van der Waals surface area contributed by atoms with Crippen LogP contribution in [0.4, 0.5) is 11.4 Å². The van der Waals surface area contributed by atoms with Crippen LogP contribution in [0.25, 0.3) is 11.1 Å². The van der Waals surface area contributed by atoms with Gasteiger partial charge in [0.2, 0.25) is 5.91 Å². The van der Waals surface area contributed by atoms with E-state index in [1.54, 1.807) is 6.92 Å². The number of hydrogen-bond donors (Lipinski definition) is 3. The van der Waals surface area contributed by atoms with E-state index < -0.39 is 0 Å². The first kappa shape index (κ1) is 35.0. The van der Waals surface area contributed by atoms with Crippen molar-refractivity contribution < 1.29 is 19.1 Å². The highest BCUT2D eigenvalue weighted by Gasteiger charge is 2.32. The topological polar surface area (TPSA) is 106 Å². The van der Waals surface area contributed by atoms with Gasteiger partial charge in [-0.05, 0) is 103 Å². The molecule has 4 aromatic rings. The second-order valence-corrected chi connectivity index (χ2v) is 12.6. The molecule has 1 aliphatic heterocycles. The van der Waals surface area contributed by atoms with Crippen LogP contribution in [0.1, 0.15) is 73.6 Å². The summed E-state index contributed by atoms with van der Waals surface area (Å²) in [4.78, 5) is 27.3. The smallest absolute Gasteiger partial charge is 0.251 e. The van der Waals surface area contributed by atoms with E-state index >= 15 is 0 Å². The molecule has 1 aliphatic rings. The Balaban J connectivity index is 1.13. The van der Waals surface area contributed by atoms with E-state index in [1.165, 1.54) is 0 Å². The molecule has 4 N–H and O–H groups in total. The lowest BCUT2D eigenvalue weighted by Crippen LogP contribution is -2.43. The molecule has 0 spiro atoms. The van der Waals surface area contributed by atoms with E-state index in [2.05, 4.69) is 30.5 Å². The van der Waals surface area contributed by atoms with E-state index in [0.717, 1.165) is 58.6 Å². The Bertz CT molecular complexity index is 1660. The van der Waals surface area contributed by atoms with E-state index in [4.69, 9.17) is 26.8 Å². The molecule has 8 nitrogen and oxygen atoms in total. The number of carbonyl (C=O) groups excluding carboxylic acids is 2. The molecule has 3 atom stereocenters. The first-order chi connectivity index (χ1) is 23.2. The van der Waals surface area contributed by atoms with Gasteiger partial charge in [-0.2, -0.15) is 0 Å². The number of amides is 2. The number of halogens is 1. The Morgan fingerprint density at radius 3 is 2.33 bits per heavy atom. The van der Waals surface area contributed by atoms with Gasteiger partial charge in [0, 0.05) is 47.5 Å². The minimum atomic E-state index is -0.161. The number of ether oxygens (including phenoxy) is 2. The highest BCUT2D eigenvalue weighted by Crippen LogP contribution is 2.41. The fraction of sp³-hybridized carbons (Fsp3) is 0.333. The molecular weight excluding hydrogens is 624 g/mol. The molecule has 5 rings (SSSR count). The fourth-order valence-corrected chi connectivity index (χ4v) is 6.30. The van der Waals surface area contributed by atoms with Crippen molar-refractivity contribution in [1.82, 2.24) is 5.32 Å². The molecule has 1 heterocycles. The monoisotopic (exact) mass is 668 g/mol. The number of nitrogens with one attached hydrogen (secondary N) is 2. The van der Waals surface area contributed by atoms with Gasteiger partial charge >= 0.3 is 0 Å². The Morgan fingerprint density at radius 1 is 0.938 bits per heavy atom. The van der Waals surface area contributed by atoms with Gasteiger partial charge in [-0.1, -0.05) is 55.3 Å². The minimum Gasteiger partial charge on any atom is -0.491 e. The van der Waals surface area contributed by atoms with Crippen LogP contribution in [-0.2, 0) is 9.53 Å². The maximum atomic E-state index is 12.8. The highest BCUT2D eigenvalue weighted by atomic mass is 35.5. The zero-order valence-electron chi connectivity index (χ0n) is 27.9. The first-order valence-corrected chi connectivity index (χ1v) is 17.0. The summed E-state index contributed by atoms with van der Waals surface area (Å²) in [5.74, 6) is 0.636. The zero-order chi connectivity index (χ0) is 34.0. The summed E-state index contributed by atoms with van der Waals surface area (Å²) < 4.78 is 11.4. The number of anilines is 2. The summed E-state index contributed by atoms with van der Waals surface area (Å²) in [5, 5.41) is 7.24. The average Bonchev–Trinajstić information content (AvgIpc) is 3.09. The van der Waals surface area contributed by atoms with E-state index in [9.17, 15) is 9.59 Å². The molecule has 1 unspecified atom stereocenters. The molecule has 0 radical (unpaired) electrons. The van der Waals surface area contributed by atoms with Crippen LogP contribution in [0.5, 0.6) is 5.75 Å². The molecule has 48 heavy (non-hydrogen) atoms. The fourth-order valence-electron chi connectivity index (χ4n) is 6.17. The average molecular weight is 669 g/mol. The van der Waals surface area contributed by atoms with Crippen LogP contribution < -0.4 is 26.0 Å². The normalized spacial score (nSPS) is 16.1. The highest BCUT2D eigenvalue weighted by molar-refractivity contribution is 6.30. The number of nitrogens with two attached hydrogens (primary N) is 1. The molecule has 0 fully saturated rings. The molecule has 0 saturated heterocycles. The first-order valence-electron chi connectivity index (χ1n) is 16.6. The molecule has 0 bridgehead atoms. The van der Waals surface area contributed by atoms with Crippen molar-refractivity contribution in [2.75, 3.05) is 36.6 Å². The van der Waals surface area contributed by atoms with E-state index in [0.29, 0.717) is 37.0 Å². The summed E-state index contributed by atoms with van der Waals surface area (Å²) >= 11 is 6.10. The molecular formula is C39H45ClN4O4. The van der Waals surface area contributed by atoms with Crippen molar-refractivity contribution >= 4 is 34.8 Å². The lowest BCUT2D eigenvalue weighted by atomic mass is 9.88. The Kier molecular flexibility index (Phi) is 12.1. The van der Waals surface area contributed by atoms with Gasteiger partial charge in [-0.3, -0.25) is 9.59 Å². The molecule has 252 valence electrons. The summed E-state index contributed by atoms with van der Waals surface area (Å²) in [5.41, 5.74) is 12.8. The van der Waals surface area contributed by atoms with E-state index in [1.807, 2.05) is 89.8 Å². The van der Waals surface area contributed by atoms with Gasteiger partial charge in [-0.25, -0.2) is 0 Å². The maximum absolute atomic E-state index is 12.8. The molecule has 2 amide bonds. The Labute approximate surface area is 288 Å². The summed E-state index contributed by atoms with van der Waals surface area (Å²) in [7, 11) is 0. The van der Waals surface area contributed by atoms with Crippen LogP contribution in [-0.4, -0.2) is 44.2 Å². The molecule has 9 heteroatoms. The third kappa shape index (κ3) is 8.95. The third-order valence-electron chi connectivity index (χ3n) is 8.62. The van der Waals surface area contributed by atoms with Crippen LogP contribution in [0.2, 0.25) is 5.02 Å². The minimum absolute atomic E-state index is 0.00637.